The number of nitrogens with two attached hydrogens (primary N) is 1. The number of imidazole rings is 1. The molecule has 1 saturated heterocycles. The Bertz CT molecular complexity index is 1740. The van der Waals surface area contributed by atoms with Crippen LogP contribution in [0.2, 0.25) is 0 Å². The van der Waals surface area contributed by atoms with Crippen LogP contribution in [-0.2, 0) is 6.54 Å². The second-order valence-electron chi connectivity index (χ2n) is 11.8. The van der Waals surface area contributed by atoms with Crippen LogP contribution in [0.1, 0.15) is 37.7 Å². The maximum atomic E-state index is 8.97. The summed E-state index contributed by atoms with van der Waals surface area (Å²) in [7, 11) is 0. The Hall–Kier alpha value is -4.74. The molecule has 2 aromatic carbocycles. The highest BCUT2D eigenvalue weighted by Gasteiger charge is 2.40. The van der Waals surface area contributed by atoms with E-state index in [0.717, 1.165) is 72.0 Å². The highest BCUT2D eigenvalue weighted by molar-refractivity contribution is 5.84. The standard InChI is InChI=1S/C34H34N8/c35-23-38-26-14-16-34(17-15-26)18-20-41(22-34)21-24-8-10-27(11-9-24)42-32(28-7-4-19-37-31(28)36)40-30-13-12-29(39-33(30)42)25-5-2-1-3-6-25/h1-13,19,26,38H,14-18,20-22H2,(H2,36,37). The fourth-order valence-electron chi connectivity index (χ4n) is 6.80. The van der Waals surface area contributed by atoms with Gasteiger partial charge in [-0.3, -0.25) is 9.47 Å². The van der Waals surface area contributed by atoms with E-state index in [0.29, 0.717) is 17.3 Å². The predicted octanol–water partition coefficient (Wildman–Crippen LogP) is 5.94. The second-order valence-corrected chi connectivity index (χ2v) is 11.8. The molecule has 210 valence electrons. The smallest absolute Gasteiger partial charge is 0.176 e. The molecule has 8 heteroatoms. The predicted molar refractivity (Wildman–Crippen MR) is 165 cm³/mol. The molecule has 0 radical (unpaired) electrons. The Balaban J connectivity index is 1.18. The molecule has 0 amide bonds. The molecule has 7 rings (SSSR count). The largest absolute Gasteiger partial charge is 0.383 e. The average Bonchev–Trinajstić information content (AvgIpc) is 3.60. The Morgan fingerprint density at radius 2 is 1.74 bits per heavy atom. The summed E-state index contributed by atoms with van der Waals surface area (Å²) in [4.78, 5) is 17.0. The number of fused-ring (bicyclic) bond motifs is 1. The summed E-state index contributed by atoms with van der Waals surface area (Å²) < 4.78 is 2.09. The van der Waals surface area contributed by atoms with Crippen molar-refractivity contribution in [2.24, 2.45) is 5.41 Å². The van der Waals surface area contributed by atoms with Crippen LogP contribution >= 0.6 is 0 Å². The molecule has 3 aromatic heterocycles. The zero-order valence-corrected chi connectivity index (χ0v) is 23.6. The Kier molecular flexibility index (Phi) is 6.80. The van der Waals surface area contributed by atoms with Gasteiger partial charge in [0.05, 0.1) is 11.3 Å². The van der Waals surface area contributed by atoms with Gasteiger partial charge in [-0.2, -0.15) is 5.26 Å². The zero-order chi connectivity index (χ0) is 28.5. The summed E-state index contributed by atoms with van der Waals surface area (Å²) in [6, 6.07) is 27.2. The Morgan fingerprint density at radius 3 is 2.50 bits per heavy atom. The zero-order valence-electron chi connectivity index (χ0n) is 23.6. The molecule has 1 saturated carbocycles. The maximum absolute atomic E-state index is 8.97. The van der Waals surface area contributed by atoms with E-state index in [-0.39, 0.29) is 0 Å². The number of hydrogen-bond donors (Lipinski definition) is 2. The van der Waals surface area contributed by atoms with Crippen LogP contribution < -0.4 is 11.1 Å². The fourth-order valence-corrected chi connectivity index (χ4v) is 6.80. The molecule has 0 unspecified atom stereocenters. The van der Waals surface area contributed by atoms with Crippen molar-refractivity contribution in [1.29, 1.82) is 5.26 Å². The van der Waals surface area contributed by atoms with Gasteiger partial charge >= 0.3 is 0 Å². The lowest BCUT2D eigenvalue weighted by Gasteiger charge is -2.36. The molecule has 2 fully saturated rings. The minimum Gasteiger partial charge on any atom is -0.383 e. The van der Waals surface area contributed by atoms with E-state index in [1.165, 1.54) is 24.8 Å². The first-order valence-corrected chi connectivity index (χ1v) is 14.7. The fraction of sp³-hybridized carbons (Fsp3) is 0.294. The van der Waals surface area contributed by atoms with Gasteiger partial charge in [-0.1, -0.05) is 42.5 Å². The van der Waals surface area contributed by atoms with E-state index in [9.17, 15) is 0 Å². The highest BCUT2D eigenvalue weighted by Crippen LogP contribution is 2.44. The summed E-state index contributed by atoms with van der Waals surface area (Å²) >= 11 is 0. The van der Waals surface area contributed by atoms with Crippen molar-refractivity contribution >= 4 is 17.0 Å². The van der Waals surface area contributed by atoms with Gasteiger partial charge in [0.15, 0.2) is 17.7 Å². The lowest BCUT2D eigenvalue weighted by Crippen LogP contribution is -2.37. The summed E-state index contributed by atoms with van der Waals surface area (Å²) in [6.45, 7) is 3.20. The van der Waals surface area contributed by atoms with Crippen molar-refractivity contribution in [2.75, 3.05) is 18.8 Å². The molecule has 5 aromatic rings. The third-order valence-electron chi connectivity index (χ3n) is 9.09. The van der Waals surface area contributed by atoms with Crippen LogP contribution in [-0.4, -0.2) is 43.6 Å². The minimum absolute atomic E-state index is 0.353. The highest BCUT2D eigenvalue weighted by atomic mass is 15.2. The van der Waals surface area contributed by atoms with Gasteiger partial charge in [0, 0.05) is 36.6 Å². The lowest BCUT2D eigenvalue weighted by molar-refractivity contribution is 0.166. The maximum Gasteiger partial charge on any atom is 0.176 e. The molecule has 3 N–H and O–H groups in total. The summed E-state index contributed by atoms with van der Waals surface area (Å²) in [5.41, 5.74) is 13.3. The number of aromatic nitrogens is 4. The van der Waals surface area contributed by atoms with Gasteiger partial charge in [0.2, 0.25) is 0 Å². The molecular formula is C34H34N8. The second kappa shape index (κ2) is 10.9. The van der Waals surface area contributed by atoms with Gasteiger partial charge in [-0.15, -0.1) is 0 Å². The van der Waals surface area contributed by atoms with Crippen LogP contribution in [0.15, 0.2) is 85.1 Å². The summed E-state index contributed by atoms with van der Waals surface area (Å²) in [5.74, 6) is 1.17. The van der Waals surface area contributed by atoms with Gasteiger partial charge in [-0.05, 0) is 86.0 Å². The molecule has 8 nitrogen and oxygen atoms in total. The van der Waals surface area contributed by atoms with Gasteiger partial charge < -0.3 is 11.1 Å². The van der Waals surface area contributed by atoms with Crippen LogP contribution in [0.5, 0.6) is 0 Å². The Labute approximate surface area is 245 Å². The van der Waals surface area contributed by atoms with Crippen LogP contribution in [0.4, 0.5) is 5.82 Å². The van der Waals surface area contributed by atoms with Gasteiger partial charge in [-0.25, -0.2) is 15.0 Å². The number of nitriles is 1. The van der Waals surface area contributed by atoms with Gasteiger partial charge in [0.1, 0.15) is 11.3 Å². The molecular weight excluding hydrogens is 520 g/mol. The van der Waals surface area contributed by atoms with E-state index >= 15 is 0 Å². The van der Waals surface area contributed by atoms with Gasteiger partial charge in [0.25, 0.3) is 0 Å². The first-order chi connectivity index (χ1) is 20.6. The number of benzene rings is 2. The number of hydrogen-bond acceptors (Lipinski definition) is 7. The lowest BCUT2D eigenvalue weighted by atomic mass is 9.72. The number of anilines is 1. The molecule has 2 aliphatic rings. The first-order valence-electron chi connectivity index (χ1n) is 14.7. The molecule has 1 aliphatic carbocycles. The third kappa shape index (κ3) is 4.97. The quantitative estimate of drug-likeness (QED) is 0.198. The third-order valence-corrected chi connectivity index (χ3v) is 9.09. The minimum atomic E-state index is 0.353. The topological polar surface area (TPSA) is 109 Å². The summed E-state index contributed by atoms with van der Waals surface area (Å²) in [6.07, 6.45) is 9.67. The van der Waals surface area contributed by atoms with Crippen molar-refractivity contribution in [2.45, 2.75) is 44.7 Å². The van der Waals surface area contributed by atoms with Crippen LogP contribution in [0.25, 0.3) is 39.5 Å². The van der Waals surface area contributed by atoms with Crippen molar-refractivity contribution in [3.63, 3.8) is 0 Å². The van der Waals surface area contributed by atoms with Crippen molar-refractivity contribution in [3.8, 4) is 34.5 Å². The molecule has 42 heavy (non-hydrogen) atoms. The molecule has 1 aliphatic heterocycles. The van der Waals surface area contributed by atoms with Crippen molar-refractivity contribution in [3.05, 3.63) is 90.6 Å². The van der Waals surface area contributed by atoms with Crippen molar-refractivity contribution in [1.82, 2.24) is 29.7 Å². The molecule has 0 bridgehead atoms. The number of nitrogen functional groups attached to an aromatic ring is 1. The number of rotatable bonds is 6. The number of likely N-dealkylation sites (tertiary alicyclic amines) is 1. The van der Waals surface area contributed by atoms with Crippen LogP contribution in [0, 0.1) is 16.9 Å². The van der Waals surface area contributed by atoms with Crippen molar-refractivity contribution < 1.29 is 0 Å². The SMILES string of the molecule is N#CNC1CCC2(CC1)CCN(Cc1ccc(-n3c(-c4cccnc4N)nc4ccc(-c5ccccc5)nc43)cc1)C2. The normalized spacial score (nSPS) is 20.6. The molecule has 1 spiro atoms. The van der Waals surface area contributed by atoms with E-state index < -0.39 is 0 Å². The molecule has 0 atom stereocenters. The van der Waals surface area contributed by atoms with E-state index in [2.05, 4.69) is 62.4 Å². The average molecular weight is 555 g/mol. The van der Waals surface area contributed by atoms with E-state index in [1.54, 1.807) is 6.20 Å². The first kappa shape index (κ1) is 26.2. The number of nitrogens with one attached hydrogen (secondary N) is 1. The number of pyridine rings is 2. The Morgan fingerprint density at radius 1 is 0.929 bits per heavy atom. The van der Waals surface area contributed by atoms with E-state index in [4.69, 9.17) is 21.0 Å². The monoisotopic (exact) mass is 554 g/mol. The summed E-state index contributed by atoms with van der Waals surface area (Å²) in [5, 5.41) is 11.9. The van der Waals surface area contributed by atoms with Crippen LogP contribution in [0.3, 0.4) is 0 Å². The molecule has 4 heterocycles. The number of nitrogens with zero attached hydrogens (tertiary/aromatic N) is 6. The van der Waals surface area contributed by atoms with E-state index in [1.807, 2.05) is 42.5 Å².